The van der Waals surface area contributed by atoms with Gasteiger partial charge in [0.15, 0.2) is 0 Å². The monoisotopic (exact) mass is 313 g/mol. The molecule has 1 aromatic carbocycles. The lowest BCUT2D eigenvalue weighted by molar-refractivity contribution is -0.384. The first-order valence-corrected chi connectivity index (χ1v) is 7.56. The van der Waals surface area contributed by atoms with Gasteiger partial charge in [0.1, 0.15) is 5.78 Å². The average Bonchev–Trinajstić information content (AvgIpc) is 2.45. The molecule has 0 spiro atoms. The van der Waals surface area contributed by atoms with Gasteiger partial charge >= 0.3 is 5.97 Å². The van der Waals surface area contributed by atoms with Crippen molar-refractivity contribution in [3.8, 4) is 0 Å². The zero-order valence-electron chi connectivity index (χ0n) is 11.4. The van der Waals surface area contributed by atoms with Gasteiger partial charge in [0.2, 0.25) is 0 Å². The molecule has 0 saturated heterocycles. The normalized spacial score (nSPS) is 11.7. The highest BCUT2D eigenvalue weighted by Gasteiger charge is 2.14. The number of carbonyl (C=O) groups excluding carboxylic acids is 2. The molecule has 7 nitrogen and oxygen atoms in total. The standard InChI is InChI=1S/C13H15NO6S/c1-2-20-13(16)8-5-11(15)9-21(19)12-6-3-10(4-7-12)14(17)18/h3-4,6-7H,2,5,8-9H2,1H3. The molecular weight excluding hydrogens is 298 g/mol. The summed E-state index contributed by atoms with van der Waals surface area (Å²) >= 11 is 0. The molecule has 1 atom stereocenters. The van der Waals surface area contributed by atoms with E-state index in [-0.39, 0.29) is 36.7 Å². The van der Waals surface area contributed by atoms with E-state index in [2.05, 4.69) is 4.74 Å². The molecule has 0 bridgehead atoms. The van der Waals surface area contributed by atoms with Crippen LogP contribution in [0, 0.1) is 10.1 Å². The first kappa shape index (κ1) is 17.0. The summed E-state index contributed by atoms with van der Waals surface area (Å²) in [7, 11) is -1.58. The highest BCUT2D eigenvalue weighted by atomic mass is 32.2. The van der Waals surface area contributed by atoms with Crippen molar-refractivity contribution in [3.63, 3.8) is 0 Å². The molecule has 0 heterocycles. The van der Waals surface area contributed by atoms with Crippen LogP contribution in [0.3, 0.4) is 0 Å². The first-order chi connectivity index (χ1) is 9.93. The smallest absolute Gasteiger partial charge is 0.306 e. The Kier molecular flexibility index (Phi) is 6.67. The van der Waals surface area contributed by atoms with Gasteiger partial charge in [-0.3, -0.25) is 23.9 Å². The lowest BCUT2D eigenvalue weighted by Crippen LogP contribution is -2.13. The van der Waals surface area contributed by atoms with Crippen molar-refractivity contribution < 1.29 is 23.5 Å². The van der Waals surface area contributed by atoms with Gasteiger partial charge in [-0.2, -0.15) is 0 Å². The summed E-state index contributed by atoms with van der Waals surface area (Å²) in [6.45, 7) is 1.92. The number of nitro groups is 1. The van der Waals surface area contributed by atoms with Gasteiger partial charge in [0.05, 0.1) is 34.5 Å². The van der Waals surface area contributed by atoms with Gasteiger partial charge < -0.3 is 4.74 Å². The molecule has 1 unspecified atom stereocenters. The van der Waals surface area contributed by atoms with Gasteiger partial charge in [-0.05, 0) is 19.1 Å². The number of esters is 1. The Balaban J connectivity index is 2.50. The van der Waals surface area contributed by atoms with Crippen LogP contribution in [0.25, 0.3) is 0 Å². The highest BCUT2D eigenvalue weighted by Crippen LogP contribution is 2.15. The maximum atomic E-state index is 11.9. The van der Waals surface area contributed by atoms with Crippen molar-refractivity contribution in [1.82, 2.24) is 0 Å². The van der Waals surface area contributed by atoms with Crippen molar-refractivity contribution in [3.05, 3.63) is 34.4 Å². The molecule has 0 aliphatic heterocycles. The fourth-order valence-corrected chi connectivity index (χ4v) is 2.54. The zero-order chi connectivity index (χ0) is 15.8. The van der Waals surface area contributed by atoms with E-state index in [1.165, 1.54) is 24.3 Å². The second-order valence-electron chi connectivity index (χ2n) is 4.08. The number of nitrogens with zero attached hydrogens (tertiary/aromatic N) is 1. The third kappa shape index (κ3) is 5.82. The number of hydrogen-bond acceptors (Lipinski definition) is 6. The fourth-order valence-electron chi connectivity index (χ4n) is 1.50. The van der Waals surface area contributed by atoms with Crippen LogP contribution in [0.5, 0.6) is 0 Å². The fraction of sp³-hybridized carbons (Fsp3) is 0.385. The SMILES string of the molecule is CCOC(=O)CCC(=O)CS(=O)c1ccc([N+](=O)[O-])cc1. The minimum absolute atomic E-state index is 0.0302. The zero-order valence-corrected chi connectivity index (χ0v) is 12.3. The molecule has 114 valence electrons. The number of hydrogen-bond donors (Lipinski definition) is 0. The predicted molar refractivity (Wildman–Crippen MR) is 75.2 cm³/mol. The minimum Gasteiger partial charge on any atom is -0.466 e. The van der Waals surface area contributed by atoms with Gasteiger partial charge in [0, 0.05) is 23.4 Å². The van der Waals surface area contributed by atoms with E-state index in [1.54, 1.807) is 6.92 Å². The molecule has 0 fully saturated rings. The number of ether oxygens (including phenoxy) is 1. The average molecular weight is 313 g/mol. The van der Waals surface area contributed by atoms with Crippen LogP contribution in [0.2, 0.25) is 0 Å². The van der Waals surface area contributed by atoms with Gasteiger partial charge in [-0.25, -0.2) is 0 Å². The summed E-state index contributed by atoms with van der Waals surface area (Å²) in [6, 6.07) is 5.17. The van der Waals surface area contributed by atoms with Crippen molar-refractivity contribution in [2.45, 2.75) is 24.7 Å². The van der Waals surface area contributed by atoms with Crippen LogP contribution < -0.4 is 0 Å². The van der Waals surface area contributed by atoms with Gasteiger partial charge in [-0.15, -0.1) is 0 Å². The second-order valence-corrected chi connectivity index (χ2v) is 5.54. The Hall–Kier alpha value is -2.09. The Morgan fingerprint density at radius 1 is 1.24 bits per heavy atom. The summed E-state index contributed by atoms with van der Waals surface area (Å²) in [5.74, 6) is -1.01. The maximum absolute atomic E-state index is 11.9. The van der Waals surface area contributed by atoms with E-state index in [9.17, 15) is 23.9 Å². The lowest BCUT2D eigenvalue weighted by Gasteiger charge is -2.03. The second kappa shape index (κ2) is 8.25. The maximum Gasteiger partial charge on any atom is 0.306 e. The molecule has 8 heteroatoms. The predicted octanol–water partition coefficient (Wildman–Crippen LogP) is 1.61. The van der Waals surface area contributed by atoms with Crippen LogP contribution in [-0.4, -0.2) is 33.2 Å². The molecule has 21 heavy (non-hydrogen) atoms. The topological polar surface area (TPSA) is 104 Å². The van der Waals surface area contributed by atoms with E-state index in [1.807, 2.05) is 0 Å². The molecule has 0 aliphatic rings. The van der Waals surface area contributed by atoms with E-state index in [4.69, 9.17) is 0 Å². The largest absolute Gasteiger partial charge is 0.466 e. The third-order valence-electron chi connectivity index (χ3n) is 2.52. The quantitative estimate of drug-likeness (QED) is 0.410. The summed E-state index contributed by atoms with van der Waals surface area (Å²) in [5.41, 5.74) is -0.107. The molecule has 0 aliphatic carbocycles. The molecule has 0 saturated carbocycles. The Labute approximate surface area is 123 Å². The van der Waals surface area contributed by atoms with E-state index in [0.29, 0.717) is 4.90 Å². The Bertz CT molecular complexity index is 554. The summed E-state index contributed by atoms with van der Waals surface area (Å²) in [5, 5.41) is 10.5. The van der Waals surface area contributed by atoms with Crippen LogP contribution >= 0.6 is 0 Å². The first-order valence-electron chi connectivity index (χ1n) is 6.24. The van der Waals surface area contributed by atoms with E-state index in [0.717, 1.165) is 0 Å². The van der Waals surface area contributed by atoms with Crippen molar-refractivity contribution in [2.24, 2.45) is 0 Å². The Morgan fingerprint density at radius 3 is 2.38 bits per heavy atom. The summed E-state index contributed by atoms with van der Waals surface area (Å²) in [4.78, 5) is 33.0. The van der Waals surface area contributed by atoms with Crippen LogP contribution in [0.15, 0.2) is 29.2 Å². The third-order valence-corrected chi connectivity index (χ3v) is 3.90. The number of carbonyl (C=O) groups is 2. The number of nitro benzene ring substituents is 1. The van der Waals surface area contributed by atoms with E-state index < -0.39 is 21.7 Å². The molecule has 1 rings (SSSR count). The number of Topliss-reactive ketones (excluding diaryl/α,β-unsaturated/α-hetero) is 1. The van der Waals surface area contributed by atoms with Crippen LogP contribution in [0.1, 0.15) is 19.8 Å². The number of non-ortho nitro benzene ring substituents is 1. The Morgan fingerprint density at radius 2 is 1.86 bits per heavy atom. The highest BCUT2D eigenvalue weighted by molar-refractivity contribution is 7.85. The van der Waals surface area contributed by atoms with E-state index >= 15 is 0 Å². The molecule has 1 aromatic rings. The number of ketones is 1. The van der Waals surface area contributed by atoms with Crippen LogP contribution in [0.4, 0.5) is 5.69 Å². The summed E-state index contributed by atoms with van der Waals surface area (Å²) < 4.78 is 16.6. The molecule has 0 amide bonds. The van der Waals surface area contributed by atoms with Crippen LogP contribution in [-0.2, 0) is 25.1 Å². The molecule has 0 radical (unpaired) electrons. The van der Waals surface area contributed by atoms with Gasteiger partial charge in [0.25, 0.3) is 5.69 Å². The minimum atomic E-state index is -1.58. The molecule has 0 aromatic heterocycles. The summed E-state index contributed by atoms with van der Waals surface area (Å²) in [6.07, 6.45) is -0.0678. The number of rotatable bonds is 8. The van der Waals surface area contributed by atoms with Crippen molar-refractivity contribution in [2.75, 3.05) is 12.4 Å². The van der Waals surface area contributed by atoms with Crippen molar-refractivity contribution in [1.29, 1.82) is 0 Å². The molecule has 0 N–H and O–H groups in total. The van der Waals surface area contributed by atoms with Crippen molar-refractivity contribution >= 4 is 28.2 Å². The number of benzene rings is 1. The van der Waals surface area contributed by atoms with Gasteiger partial charge in [-0.1, -0.05) is 0 Å². The lowest BCUT2D eigenvalue weighted by atomic mass is 10.2. The molecular formula is C13H15NO6S.